The van der Waals surface area contributed by atoms with Crippen LogP contribution in [0.15, 0.2) is 73.1 Å². The smallest absolute Gasteiger partial charge is 0.288 e. The Balaban J connectivity index is 2.03. The van der Waals surface area contributed by atoms with Crippen LogP contribution in [0.4, 0.5) is 5.69 Å². The zero-order valence-corrected chi connectivity index (χ0v) is 17.0. The first-order valence-electron chi connectivity index (χ1n) is 8.92. The van der Waals surface area contributed by atoms with Gasteiger partial charge in [0.25, 0.3) is 5.70 Å². The third-order valence-electron chi connectivity index (χ3n) is 4.54. The molecule has 3 aromatic rings. The Bertz CT molecular complexity index is 1010. The summed E-state index contributed by atoms with van der Waals surface area (Å²) in [4.78, 5) is 0.414. The van der Waals surface area contributed by atoms with Gasteiger partial charge in [0.05, 0.1) is 7.11 Å². The Kier molecular flexibility index (Phi) is 6.06. The van der Waals surface area contributed by atoms with E-state index in [0.29, 0.717) is 16.2 Å². The molecule has 0 aliphatic heterocycles. The number of benzene rings is 2. The molecule has 0 spiro atoms. The van der Waals surface area contributed by atoms with E-state index in [2.05, 4.69) is 5.32 Å². The number of methoxy groups -OCH3 is 1. The minimum Gasteiger partial charge on any atom is -0.502 e. The molecule has 1 heterocycles. The summed E-state index contributed by atoms with van der Waals surface area (Å²) in [6, 6.07) is 19.0. The topological polar surface area (TPSA) is 45.4 Å². The second kappa shape index (κ2) is 8.67. The van der Waals surface area contributed by atoms with Gasteiger partial charge in [-0.1, -0.05) is 30.4 Å². The van der Waals surface area contributed by atoms with Crippen LogP contribution >= 0.6 is 12.2 Å². The number of aryl methyl sites for hydroxylation is 2. The van der Waals surface area contributed by atoms with Gasteiger partial charge in [-0.05, 0) is 55.3 Å². The molecule has 0 saturated carbocycles. The highest BCUT2D eigenvalue weighted by Gasteiger charge is 2.23. The van der Waals surface area contributed by atoms with Crippen molar-refractivity contribution in [3.05, 3.63) is 89.7 Å². The molecule has 5 heteroatoms. The van der Waals surface area contributed by atoms with Crippen molar-refractivity contribution in [2.24, 2.45) is 0 Å². The van der Waals surface area contributed by atoms with Crippen LogP contribution < -0.4 is 14.6 Å². The molecule has 0 radical (unpaired) electrons. The fourth-order valence-electron chi connectivity index (χ4n) is 2.78. The van der Waals surface area contributed by atoms with E-state index in [4.69, 9.17) is 17.0 Å². The van der Waals surface area contributed by atoms with E-state index in [9.17, 15) is 5.11 Å². The largest absolute Gasteiger partial charge is 0.502 e. The molecular weight excluding hydrogens is 368 g/mol. The third-order valence-corrected chi connectivity index (χ3v) is 4.84. The van der Waals surface area contributed by atoms with Crippen molar-refractivity contribution >= 4 is 34.3 Å². The molecule has 2 N–H and O–H groups in total. The molecule has 0 saturated heterocycles. The summed E-state index contributed by atoms with van der Waals surface area (Å²) in [6.45, 7) is 4.07. The average Bonchev–Trinajstić information content (AvgIpc) is 2.71. The molecule has 0 atom stereocenters. The molecule has 28 heavy (non-hydrogen) atoms. The summed E-state index contributed by atoms with van der Waals surface area (Å²) in [5.41, 5.74) is 4.32. The van der Waals surface area contributed by atoms with E-state index in [-0.39, 0.29) is 5.76 Å². The van der Waals surface area contributed by atoms with Crippen molar-refractivity contribution in [2.45, 2.75) is 13.8 Å². The lowest BCUT2D eigenvalue weighted by atomic mass is 10.0. The van der Waals surface area contributed by atoms with Gasteiger partial charge in [-0.2, -0.15) is 4.57 Å². The van der Waals surface area contributed by atoms with E-state index in [1.54, 1.807) is 7.11 Å². The van der Waals surface area contributed by atoms with Crippen LogP contribution in [-0.4, -0.2) is 17.2 Å². The highest BCUT2D eigenvalue weighted by Crippen LogP contribution is 2.22. The number of hydrogen-bond donors (Lipinski definition) is 2. The van der Waals surface area contributed by atoms with E-state index >= 15 is 0 Å². The summed E-state index contributed by atoms with van der Waals surface area (Å²) in [7, 11) is 1.63. The van der Waals surface area contributed by atoms with Gasteiger partial charge in [0.15, 0.2) is 23.1 Å². The lowest BCUT2D eigenvalue weighted by Crippen LogP contribution is -2.38. The summed E-state index contributed by atoms with van der Waals surface area (Å²) >= 11 is 5.65. The minimum absolute atomic E-state index is 0.116. The quantitative estimate of drug-likeness (QED) is 0.280. The van der Waals surface area contributed by atoms with E-state index in [1.165, 1.54) is 5.56 Å². The maximum atomic E-state index is 11.1. The normalized spacial score (nSPS) is 11.5. The molecule has 4 nitrogen and oxygen atoms in total. The Labute approximate surface area is 170 Å². The Morgan fingerprint density at radius 1 is 0.964 bits per heavy atom. The fraction of sp³-hybridized carbons (Fsp3) is 0.130. The molecule has 0 fully saturated rings. The molecule has 142 valence electrons. The summed E-state index contributed by atoms with van der Waals surface area (Å²) in [5.74, 6) is 0.882. The lowest BCUT2D eigenvalue weighted by Gasteiger charge is -2.11. The van der Waals surface area contributed by atoms with Crippen molar-refractivity contribution in [2.75, 3.05) is 12.4 Å². The standard InChI is InChI=1S/C23H22N2O2S/c1-16-7-8-18(15-17(16)2)22(26)21(25-13-5-4-6-14-25)23(28)24-19-9-11-20(27-3)12-10-19/h4-15H,1-3H3,(H-,24,26,28)/p+1. The number of pyridine rings is 1. The van der Waals surface area contributed by atoms with Crippen molar-refractivity contribution in [3.63, 3.8) is 0 Å². The highest BCUT2D eigenvalue weighted by atomic mass is 32.1. The first-order chi connectivity index (χ1) is 13.5. The van der Waals surface area contributed by atoms with Crippen LogP contribution in [-0.2, 0) is 0 Å². The number of nitrogens with zero attached hydrogens (tertiary/aromatic N) is 1. The van der Waals surface area contributed by atoms with Crippen LogP contribution in [0.25, 0.3) is 11.5 Å². The minimum atomic E-state index is 0.116. The molecule has 1 aromatic heterocycles. The molecule has 0 amide bonds. The Morgan fingerprint density at radius 3 is 2.25 bits per heavy atom. The first kappa shape index (κ1) is 19.6. The highest BCUT2D eigenvalue weighted by molar-refractivity contribution is 7.81. The second-order valence-corrected chi connectivity index (χ2v) is 6.87. The molecular formula is C23H23N2O2S+. The number of hydrogen-bond acceptors (Lipinski definition) is 3. The second-order valence-electron chi connectivity index (χ2n) is 6.46. The van der Waals surface area contributed by atoms with Crippen LogP contribution in [0.2, 0.25) is 0 Å². The van der Waals surface area contributed by atoms with Crippen LogP contribution in [0.5, 0.6) is 5.75 Å². The molecule has 2 aromatic carbocycles. The molecule has 0 bridgehead atoms. The lowest BCUT2D eigenvalue weighted by molar-refractivity contribution is -0.575. The number of aliphatic hydroxyl groups excluding tert-OH is 1. The number of aliphatic hydroxyl groups is 1. The van der Waals surface area contributed by atoms with E-state index < -0.39 is 0 Å². The number of rotatable bonds is 5. The van der Waals surface area contributed by atoms with Crippen LogP contribution in [0.1, 0.15) is 16.7 Å². The van der Waals surface area contributed by atoms with Gasteiger partial charge in [-0.25, -0.2) is 0 Å². The van der Waals surface area contributed by atoms with Gasteiger partial charge in [-0.3, -0.25) is 0 Å². The molecule has 3 rings (SSSR count). The van der Waals surface area contributed by atoms with Gasteiger partial charge in [0, 0.05) is 23.4 Å². The Morgan fingerprint density at radius 2 is 1.64 bits per heavy atom. The zero-order valence-electron chi connectivity index (χ0n) is 16.1. The van der Waals surface area contributed by atoms with Gasteiger partial charge in [0.2, 0.25) is 0 Å². The van der Waals surface area contributed by atoms with Gasteiger partial charge in [-0.15, -0.1) is 0 Å². The van der Waals surface area contributed by atoms with Crippen molar-refractivity contribution < 1.29 is 14.4 Å². The first-order valence-corrected chi connectivity index (χ1v) is 9.33. The summed E-state index contributed by atoms with van der Waals surface area (Å²) < 4.78 is 7.00. The third kappa shape index (κ3) is 4.38. The summed E-state index contributed by atoms with van der Waals surface area (Å²) in [5, 5.41) is 14.3. The molecule has 0 aliphatic rings. The predicted molar refractivity (Wildman–Crippen MR) is 118 cm³/mol. The average molecular weight is 392 g/mol. The Hall–Kier alpha value is -3.18. The monoisotopic (exact) mass is 391 g/mol. The molecule has 0 aliphatic carbocycles. The van der Waals surface area contributed by atoms with Gasteiger partial charge in [0.1, 0.15) is 5.75 Å². The maximum Gasteiger partial charge on any atom is 0.288 e. The van der Waals surface area contributed by atoms with E-state index in [0.717, 1.165) is 17.0 Å². The number of nitrogens with one attached hydrogen (secondary N) is 1. The SMILES string of the molecule is COc1ccc(NC(=S)C(=C(O)c2ccc(C)c(C)c2)[n+]2ccccc2)cc1. The number of aromatic nitrogens is 1. The number of thiocarbonyl (C=S) groups is 1. The van der Waals surface area contributed by atoms with E-state index in [1.807, 2.05) is 91.5 Å². The van der Waals surface area contributed by atoms with Crippen molar-refractivity contribution in [1.82, 2.24) is 0 Å². The fourth-order valence-corrected chi connectivity index (χ4v) is 3.10. The van der Waals surface area contributed by atoms with Gasteiger partial charge < -0.3 is 15.2 Å². The van der Waals surface area contributed by atoms with Crippen molar-refractivity contribution in [1.29, 1.82) is 0 Å². The van der Waals surface area contributed by atoms with Gasteiger partial charge >= 0.3 is 0 Å². The zero-order chi connectivity index (χ0) is 20.1. The van der Waals surface area contributed by atoms with Crippen molar-refractivity contribution in [3.8, 4) is 5.75 Å². The maximum absolute atomic E-state index is 11.1. The number of ether oxygens (including phenoxy) is 1. The molecule has 0 unspecified atom stereocenters. The number of anilines is 1. The summed E-state index contributed by atoms with van der Waals surface area (Å²) in [6.07, 6.45) is 3.71. The van der Waals surface area contributed by atoms with Crippen LogP contribution in [0, 0.1) is 13.8 Å². The predicted octanol–water partition coefficient (Wildman–Crippen LogP) is 4.92. The van der Waals surface area contributed by atoms with Crippen LogP contribution in [0.3, 0.4) is 0 Å².